The predicted octanol–water partition coefficient (Wildman–Crippen LogP) is 3.84. The van der Waals surface area contributed by atoms with Crippen molar-refractivity contribution in [2.24, 2.45) is 0 Å². The Hall–Kier alpha value is -1.86. The van der Waals surface area contributed by atoms with Gasteiger partial charge in [-0.25, -0.2) is 8.42 Å². The van der Waals surface area contributed by atoms with E-state index in [0.29, 0.717) is 22.4 Å². The Balaban J connectivity index is 1.85. The number of benzene rings is 2. The molecule has 0 spiro atoms. The highest BCUT2D eigenvalue weighted by Crippen LogP contribution is 2.23. The molecule has 0 amide bonds. The van der Waals surface area contributed by atoms with E-state index in [-0.39, 0.29) is 5.75 Å². The number of aromatic nitrogens is 1. The summed E-state index contributed by atoms with van der Waals surface area (Å²) in [6, 6.07) is 12.5. The molecule has 7 heteroatoms. The smallest absolute Gasteiger partial charge is 0.238 e. The standard InChI is InChI=1S/C15H13BrN2O3S/c1-10-8-11(6-7-13(10)16)18-22(19,20)9-14-12-4-2-3-5-15(12)21-17-14/h2-8,18H,9H2,1H3. The molecule has 0 bridgehead atoms. The van der Waals surface area contributed by atoms with Crippen LogP contribution in [0.25, 0.3) is 11.0 Å². The van der Waals surface area contributed by atoms with Gasteiger partial charge in [0.1, 0.15) is 11.4 Å². The second-order valence-corrected chi connectivity index (χ2v) is 7.53. The summed E-state index contributed by atoms with van der Waals surface area (Å²) in [7, 11) is -3.57. The van der Waals surface area contributed by atoms with Crippen LogP contribution in [0.3, 0.4) is 0 Å². The van der Waals surface area contributed by atoms with Gasteiger partial charge in [-0.3, -0.25) is 4.72 Å². The van der Waals surface area contributed by atoms with E-state index in [4.69, 9.17) is 4.52 Å². The second-order valence-electron chi connectivity index (χ2n) is 4.95. The molecule has 0 aliphatic carbocycles. The number of hydrogen-bond acceptors (Lipinski definition) is 4. The molecule has 3 aromatic rings. The van der Waals surface area contributed by atoms with Crippen molar-refractivity contribution in [1.29, 1.82) is 0 Å². The fourth-order valence-electron chi connectivity index (χ4n) is 2.15. The summed E-state index contributed by atoms with van der Waals surface area (Å²) < 4.78 is 33.2. The van der Waals surface area contributed by atoms with Gasteiger partial charge < -0.3 is 4.52 Å². The number of hydrogen-bond donors (Lipinski definition) is 1. The lowest BCUT2D eigenvalue weighted by Gasteiger charge is -2.08. The van der Waals surface area contributed by atoms with Crippen LogP contribution >= 0.6 is 15.9 Å². The van der Waals surface area contributed by atoms with E-state index in [9.17, 15) is 8.42 Å². The van der Waals surface area contributed by atoms with Crippen molar-refractivity contribution in [3.63, 3.8) is 0 Å². The Morgan fingerprint density at radius 2 is 2.00 bits per heavy atom. The van der Waals surface area contributed by atoms with Crippen LogP contribution in [0.5, 0.6) is 0 Å². The minimum Gasteiger partial charge on any atom is -0.356 e. The third-order valence-electron chi connectivity index (χ3n) is 3.21. The van der Waals surface area contributed by atoms with Crippen LogP contribution in [0.15, 0.2) is 51.5 Å². The van der Waals surface area contributed by atoms with E-state index in [1.54, 1.807) is 30.3 Å². The molecule has 0 radical (unpaired) electrons. The molecule has 1 N–H and O–H groups in total. The van der Waals surface area contributed by atoms with Crippen LogP contribution in [0.2, 0.25) is 0 Å². The van der Waals surface area contributed by atoms with Crippen molar-refractivity contribution >= 4 is 42.6 Å². The summed E-state index contributed by atoms with van der Waals surface area (Å²) in [5.41, 5.74) is 2.45. The highest BCUT2D eigenvalue weighted by Gasteiger charge is 2.17. The molecule has 1 aromatic heterocycles. The number of anilines is 1. The van der Waals surface area contributed by atoms with Gasteiger partial charge in [0.25, 0.3) is 0 Å². The minimum atomic E-state index is -3.57. The summed E-state index contributed by atoms with van der Waals surface area (Å²) in [5, 5.41) is 4.56. The molecule has 2 aromatic carbocycles. The first-order valence-corrected chi connectivity index (χ1v) is 8.99. The molecule has 3 rings (SSSR count). The summed E-state index contributed by atoms with van der Waals surface area (Å²) >= 11 is 3.39. The number of sulfonamides is 1. The highest BCUT2D eigenvalue weighted by atomic mass is 79.9. The molecular formula is C15H13BrN2O3S. The maximum Gasteiger partial charge on any atom is 0.238 e. The number of nitrogens with one attached hydrogen (secondary N) is 1. The van der Waals surface area contributed by atoms with Gasteiger partial charge in [0.05, 0.1) is 0 Å². The fourth-order valence-corrected chi connectivity index (χ4v) is 3.52. The zero-order valence-electron chi connectivity index (χ0n) is 11.7. The van der Waals surface area contributed by atoms with Gasteiger partial charge in [0.2, 0.25) is 10.0 Å². The van der Waals surface area contributed by atoms with Crippen molar-refractivity contribution in [2.75, 3.05) is 4.72 Å². The van der Waals surface area contributed by atoms with Gasteiger partial charge in [0.15, 0.2) is 5.58 Å². The molecule has 114 valence electrons. The van der Waals surface area contributed by atoms with E-state index >= 15 is 0 Å². The van der Waals surface area contributed by atoms with Gasteiger partial charge in [-0.2, -0.15) is 0 Å². The zero-order valence-corrected chi connectivity index (χ0v) is 14.1. The molecule has 0 atom stereocenters. The first kappa shape index (κ1) is 15.1. The molecule has 0 aliphatic heterocycles. The van der Waals surface area contributed by atoms with Crippen molar-refractivity contribution in [3.8, 4) is 0 Å². The zero-order chi connectivity index (χ0) is 15.7. The predicted molar refractivity (Wildman–Crippen MR) is 89.1 cm³/mol. The molecule has 0 aliphatic rings. The second kappa shape index (κ2) is 5.73. The normalized spacial score (nSPS) is 11.7. The monoisotopic (exact) mass is 380 g/mol. The summed E-state index contributed by atoms with van der Waals surface area (Å²) in [4.78, 5) is 0. The van der Waals surface area contributed by atoms with Crippen molar-refractivity contribution in [2.45, 2.75) is 12.7 Å². The topological polar surface area (TPSA) is 72.2 Å². The van der Waals surface area contributed by atoms with Crippen molar-refractivity contribution < 1.29 is 12.9 Å². The quantitative estimate of drug-likeness (QED) is 0.745. The molecule has 0 saturated heterocycles. The molecule has 5 nitrogen and oxygen atoms in total. The molecule has 1 heterocycles. The van der Waals surface area contributed by atoms with E-state index in [0.717, 1.165) is 10.0 Å². The number of fused-ring (bicyclic) bond motifs is 1. The average molecular weight is 381 g/mol. The first-order chi connectivity index (χ1) is 10.4. The third-order valence-corrected chi connectivity index (χ3v) is 5.30. The lowest BCUT2D eigenvalue weighted by molar-refractivity contribution is 0.448. The number of nitrogens with zero attached hydrogens (tertiary/aromatic N) is 1. The van der Waals surface area contributed by atoms with Gasteiger partial charge in [-0.1, -0.05) is 33.2 Å². The van der Waals surface area contributed by atoms with Crippen LogP contribution < -0.4 is 4.72 Å². The Bertz CT molecular complexity index is 935. The van der Waals surface area contributed by atoms with E-state index in [2.05, 4.69) is 25.8 Å². The van der Waals surface area contributed by atoms with Crippen molar-refractivity contribution in [1.82, 2.24) is 5.16 Å². The third kappa shape index (κ3) is 3.15. The largest absolute Gasteiger partial charge is 0.356 e. The Labute approximate surface area is 136 Å². The van der Waals surface area contributed by atoms with Gasteiger partial charge in [-0.15, -0.1) is 0 Å². The van der Waals surface area contributed by atoms with E-state index in [1.165, 1.54) is 0 Å². The first-order valence-electron chi connectivity index (χ1n) is 6.54. The van der Waals surface area contributed by atoms with E-state index in [1.807, 2.05) is 19.1 Å². The molecule has 0 saturated carbocycles. The lowest BCUT2D eigenvalue weighted by atomic mass is 10.2. The van der Waals surface area contributed by atoms with Crippen LogP contribution in [-0.2, 0) is 15.8 Å². The van der Waals surface area contributed by atoms with Crippen LogP contribution in [0.4, 0.5) is 5.69 Å². The fraction of sp³-hybridized carbons (Fsp3) is 0.133. The number of halogens is 1. The van der Waals surface area contributed by atoms with Gasteiger partial charge >= 0.3 is 0 Å². The maximum absolute atomic E-state index is 12.3. The van der Waals surface area contributed by atoms with E-state index < -0.39 is 10.0 Å². The minimum absolute atomic E-state index is 0.237. The maximum atomic E-state index is 12.3. The van der Waals surface area contributed by atoms with Crippen LogP contribution in [-0.4, -0.2) is 13.6 Å². The van der Waals surface area contributed by atoms with Gasteiger partial charge in [0, 0.05) is 15.5 Å². The Kier molecular flexibility index (Phi) is 3.92. The molecular weight excluding hydrogens is 368 g/mol. The summed E-state index contributed by atoms with van der Waals surface area (Å²) in [5.74, 6) is -0.237. The average Bonchev–Trinajstić information content (AvgIpc) is 2.85. The SMILES string of the molecule is Cc1cc(NS(=O)(=O)Cc2noc3ccccc23)ccc1Br. The summed E-state index contributed by atoms with van der Waals surface area (Å²) in [6.07, 6.45) is 0. The lowest BCUT2D eigenvalue weighted by Crippen LogP contribution is -2.15. The molecule has 0 unspecified atom stereocenters. The number of para-hydroxylation sites is 1. The molecule has 22 heavy (non-hydrogen) atoms. The molecule has 0 fully saturated rings. The van der Waals surface area contributed by atoms with Crippen molar-refractivity contribution in [3.05, 3.63) is 58.2 Å². The highest BCUT2D eigenvalue weighted by molar-refractivity contribution is 9.10. The Morgan fingerprint density at radius 3 is 2.77 bits per heavy atom. The summed E-state index contributed by atoms with van der Waals surface area (Å²) in [6.45, 7) is 1.90. The Morgan fingerprint density at radius 1 is 1.23 bits per heavy atom. The number of rotatable bonds is 4. The van der Waals surface area contributed by atoms with Crippen LogP contribution in [0, 0.1) is 6.92 Å². The number of aryl methyl sites for hydroxylation is 1. The van der Waals surface area contributed by atoms with Crippen LogP contribution in [0.1, 0.15) is 11.3 Å². The van der Waals surface area contributed by atoms with Gasteiger partial charge in [-0.05, 0) is 42.8 Å².